The molecule has 0 aliphatic carbocycles. The number of nitrogens with one attached hydrogen (secondary N) is 1. The van der Waals surface area contributed by atoms with Crippen molar-refractivity contribution in [2.24, 2.45) is 0 Å². The van der Waals surface area contributed by atoms with E-state index in [1.54, 1.807) is 31.1 Å². The van der Waals surface area contributed by atoms with Gasteiger partial charge in [0, 0.05) is 38.8 Å². The van der Waals surface area contributed by atoms with Gasteiger partial charge in [0.05, 0.1) is 19.8 Å². The van der Waals surface area contributed by atoms with Gasteiger partial charge in [-0.15, -0.1) is 0 Å². The number of likely N-dealkylation sites (tertiary alicyclic amines) is 1. The van der Waals surface area contributed by atoms with Crippen molar-refractivity contribution >= 4 is 11.9 Å². The summed E-state index contributed by atoms with van der Waals surface area (Å²) in [7, 11) is 3.43. The second kappa shape index (κ2) is 10.8. The van der Waals surface area contributed by atoms with Crippen LogP contribution >= 0.6 is 0 Å². The highest BCUT2D eigenvalue weighted by atomic mass is 16.5. The van der Waals surface area contributed by atoms with E-state index in [1.165, 1.54) is 4.90 Å². The number of amides is 3. The number of ether oxygens (including phenoxy) is 3. The van der Waals surface area contributed by atoms with Gasteiger partial charge in [-0.05, 0) is 45.7 Å². The van der Waals surface area contributed by atoms with Crippen molar-refractivity contribution in [1.82, 2.24) is 15.1 Å². The molecule has 1 saturated heterocycles. The molecule has 1 aromatic carbocycles. The van der Waals surface area contributed by atoms with Crippen molar-refractivity contribution in [3.8, 4) is 17.2 Å². The molecule has 0 unspecified atom stereocenters. The minimum atomic E-state index is -0.107. The number of hydrogen-bond acceptors (Lipinski definition) is 5. The Hall–Kier alpha value is -2.64. The zero-order valence-corrected chi connectivity index (χ0v) is 18.1. The van der Waals surface area contributed by atoms with Gasteiger partial charge in [-0.1, -0.05) is 0 Å². The average Bonchev–Trinajstić information content (AvgIpc) is 2.70. The molecule has 0 aromatic heterocycles. The normalized spacial score (nSPS) is 14.3. The van der Waals surface area contributed by atoms with Crippen LogP contribution in [-0.4, -0.2) is 74.8 Å². The molecule has 1 aromatic rings. The Morgan fingerprint density at radius 2 is 1.52 bits per heavy atom. The van der Waals surface area contributed by atoms with E-state index in [2.05, 4.69) is 5.32 Å². The topological polar surface area (TPSA) is 80.3 Å². The number of hydrogen-bond donors (Lipinski definition) is 1. The monoisotopic (exact) mass is 407 g/mol. The third-order valence-electron chi connectivity index (χ3n) is 4.67. The van der Waals surface area contributed by atoms with Crippen LogP contribution in [0.4, 0.5) is 4.79 Å². The Balaban J connectivity index is 2.15. The number of carbonyl (C=O) groups is 2. The Bertz CT molecular complexity index is 673. The van der Waals surface area contributed by atoms with Crippen molar-refractivity contribution in [3.05, 3.63) is 17.7 Å². The molecule has 1 heterocycles. The second-order valence-corrected chi connectivity index (χ2v) is 7.01. The highest BCUT2D eigenvalue weighted by molar-refractivity contribution is 5.95. The van der Waals surface area contributed by atoms with E-state index in [9.17, 15) is 9.59 Å². The van der Waals surface area contributed by atoms with Crippen LogP contribution in [0.3, 0.4) is 0 Å². The Morgan fingerprint density at radius 3 is 1.97 bits per heavy atom. The summed E-state index contributed by atoms with van der Waals surface area (Å²) < 4.78 is 17.1. The number of rotatable bonds is 8. The second-order valence-electron chi connectivity index (χ2n) is 7.01. The number of benzene rings is 1. The number of piperidine rings is 1. The molecule has 0 spiro atoms. The third-order valence-corrected chi connectivity index (χ3v) is 4.67. The predicted octanol–water partition coefficient (Wildman–Crippen LogP) is 2.76. The van der Waals surface area contributed by atoms with Crippen molar-refractivity contribution < 1.29 is 23.8 Å². The van der Waals surface area contributed by atoms with Crippen molar-refractivity contribution in [1.29, 1.82) is 0 Å². The van der Waals surface area contributed by atoms with Crippen molar-refractivity contribution in [2.45, 2.75) is 39.7 Å². The molecule has 0 bridgehead atoms. The molecule has 3 amide bonds. The van der Waals surface area contributed by atoms with E-state index in [-0.39, 0.29) is 18.0 Å². The molecule has 1 aliphatic rings. The predicted molar refractivity (Wildman–Crippen MR) is 111 cm³/mol. The number of nitrogens with zero attached hydrogens (tertiary/aromatic N) is 2. The lowest BCUT2D eigenvalue weighted by atomic mass is 10.0. The van der Waals surface area contributed by atoms with Crippen LogP contribution in [-0.2, 0) is 0 Å². The standard InChI is InChI=1S/C21H33N3O5/c1-6-27-17-13-15(14-18(28-7-2)19(17)29-8-3)20(25)24-11-9-16(10-12-24)22-21(26)23(4)5/h13-14,16H,6-12H2,1-5H3,(H,22,26). The first kappa shape index (κ1) is 22.6. The minimum absolute atomic E-state index is 0.0762. The van der Waals surface area contributed by atoms with Gasteiger partial charge >= 0.3 is 6.03 Å². The molecule has 29 heavy (non-hydrogen) atoms. The molecule has 1 aliphatic heterocycles. The van der Waals surface area contributed by atoms with Crippen LogP contribution < -0.4 is 19.5 Å². The van der Waals surface area contributed by atoms with Crippen molar-refractivity contribution in [3.63, 3.8) is 0 Å². The molecule has 8 nitrogen and oxygen atoms in total. The first-order chi connectivity index (χ1) is 13.9. The van der Waals surface area contributed by atoms with Crippen LogP contribution in [0.1, 0.15) is 44.0 Å². The molecule has 8 heteroatoms. The van der Waals surface area contributed by atoms with Gasteiger partial charge in [0.15, 0.2) is 11.5 Å². The van der Waals surface area contributed by atoms with Crippen LogP contribution in [0.5, 0.6) is 17.2 Å². The highest BCUT2D eigenvalue weighted by Crippen LogP contribution is 2.39. The molecule has 0 saturated carbocycles. The van der Waals surface area contributed by atoms with Gasteiger partial charge in [-0.3, -0.25) is 4.79 Å². The lowest BCUT2D eigenvalue weighted by Crippen LogP contribution is -2.48. The first-order valence-electron chi connectivity index (χ1n) is 10.2. The fourth-order valence-electron chi connectivity index (χ4n) is 3.23. The minimum Gasteiger partial charge on any atom is -0.490 e. The molecule has 1 N–H and O–H groups in total. The molecule has 2 rings (SSSR count). The first-order valence-corrected chi connectivity index (χ1v) is 10.2. The number of urea groups is 1. The van der Waals surface area contributed by atoms with Crippen LogP contribution in [0.2, 0.25) is 0 Å². The van der Waals surface area contributed by atoms with Gasteiger partial charge in [-0.25, -0.2) is 4.79 Å². The van der Waals surface area contributed by atoms with E-state index in [4.69, 9.17) is 14.2 Å². The van der Waals surface area contributed by atoms with Gasteiger partial charge in [0.2, 0.25) is 5.75 Å². The van der Waals surface area contributed by atoms with Crippen LogP contribution in [0.15, 0.2) is 12.1 Å². The summed E-state index contributed by atoms with van der Waals surface area (Å²) in [5, 5.41) is 2.98. The van der Waals surface area contributed by atoms with E-state index in [1.807, 2.05) is 20.8 Å². The largest absolute Gasteiger partial charge is 0.490 e. The Labute approximate surface area is 173 Å². The van der Waals surface area contributed by atoms with Gasteiger partial charge in [-0.2, -0.15) is 0 Å². The summed E-state index contributed by atoms with van der Waals surface area (Å²) >= 11 is 0. The molecule has 1 fully saturated rings. The lowest BCUT2D eigenvalue weighted by Gasteiger charge is -2.33. The fourth-order valence-corrected chi connectivity index (χ4v) is 3.23. The molecule has 0 radical (unpaired) electrons. The molecular formula is C21H33N3O5. The summed E-state index contributed by atoms with van der Waals surface area (Å²) in [6.07, 6.45) is 1.44. The maximum atomic E-state index is 13.1. The quantitative estimate of drug-likeness (QED) is 0.717. The summed E-state index contributed by atoms with van der Waals surface area (Å²) in [6, 6.07) is 3.41. The Morgan fingerprint density at radius 1 is 1.00 bits per heavy atom. The molecule has 162 valence electrons. The summed E-state index contributed by atoms with van der Waals surface area (Å²) in [5.41, 5.74) is 0.510. The van der Waals surface area contributed by atoms with Crippen LogP contribution in [0.25, 0.3) is 0 Å². The maximum Gasteiger partial charge on any atom is 0.317 e. The summed E-state index contributed by atoms with van der Waals surface area (Å²) in [5.74, 6) is 1.47. The summed E-state index contributed by atoms with van der Waals surface area (Å²) in [4.78, 5) is 28.2. The van der Waals surface area contributed by atoms with E-state index in [0.29, 0.717) is 55.7 Å². The fraction of sp³-hybridized carbons (Fsp3) is 0.619. The average molecular weight is 408 g/mol. The third kappa shape index (κ3) is 5.92. The van der Waals surface area contributed by atoms with Gasteiger partial charge in [0.25, 0.3) is 5.91 Å². The zero-order valence-electron chi connectivity index (χ0n) is 18.1. The molecule has 0 atom stereocenters. The maximum absolute atomic E-state index is 13.1. The van der Waals surface area contributed by atoms with Crippen molar-refractivity contribution in [2.75, 3.05) is 47.0 Å². The number of carbonyl (C=O) groups excluding carboxylic acids is 2. The smallest absolute Gasteiger partial charge is 0.317 e. The van der Waals surface area contributed by atoms with E-state index >= 15 is 0 Å². The summed E-state index contributed by atoms with van der Waals surface area (Å²) in [6.45, 7) is 8.22. The SMILES string of the molecule is CCOc1cc(C(=O)N2CCC(NC(=O)N(C)C)CC2)cc(OCC)c1OCC. The van der Waals surface area contributed by atoms with Crippen LogP contribution in [0, 0.1) is 0 Å². The zero-order chi connectivity index (χ0) is 21.4. The van der Waals surface area contributed by atoms with E-state index < -0.39 is 0 Å². The Kier molecular flexibility index (Phi) is 8.42. The van der Waals surface area contributed by atoms with Gasteiger partial charge in [0.1, 0.15) is 0 Å². The molecular weight excluding hydrogens is 374 g/mol. The van der Waals surface area contributed by atoms with Gasteiger partial charge < -0.3 is 29.3 Å². The highest BCUT2D eigenvalue weighted by Gasteiger charge is 2.27. The van der Waals surface area contributed by atoms with E-state index in [0.717, 1.165) is 12.8 Å². The lowest BCUT2D eigenvalue weighted by molar-refractivity contribution is 0.0706.